The van der Waals surface area contributed by atoms with E-state index in [-0.39, 0.29) is 11.8 Å². The number of aliphatic hydroxyl groups is 2. The minimum atomic E-state index is -1.03. The molecule has 2 unspecified atom stereocenters. The second kappa shape index (κ2) is 8.20. The van der Waals surface area contributed by atoms with Crippen molar-refractivity contribution in [1.29, 1.82) is 0 Å². The third-order valence-corrected chi connectivity index (χ3v) is 8.21. The Bertz CT molecular complexity index is 989. The maximum absolute atomic E-state index is 11.7. The Balaban J connectivity index is 1.36. The van der Waals surface area contributed by atoms with E-state index < -0.39 is 29.7 Å². The molecule has 2 aromatic rings. The monoisotopic (exact) mass is 436 g/mol. The molecule has 2 N–H and O–H groups in total. The molecule has 2 fully saturated rings. The third kappa shape index (κ3) is 3.52. The predicted octanol–water partition coefficient (Wildman–Crippen LogP) is 4.00. The van der Waals surface area contributed by atoms with E-state index in [0.717, 1.165) is 37.0 Å². The van der Waals surface area contributed by atoms with E-state index in [1.165, 1.54) is 18.1 Å². The standard InChI is InChI=1S/C27H32O5/c1-16(28)32-26-25(30)24(29)23-22-10-8-18-14-19(31-15-17-6-4-3-5-7-17)9-11-20(18)21(22)12-13-27(23,26)2/h3-7,9,11,14,21-26,29-30H,8,10,12-13,15H2,1-2H3/t21-,22-,23-,24?,25?,26+,27+/m1/s1. The van der Waals surface area contributed by atoms with E-state index in [0.29, 0.717) is 12.5 Å². The number of ether oxygens (including phenoxy) is 2. The quantitative estimate of drug-likeness (QED) is 0.709. The Morgan fingerprint density at radius 1 is 1.09 bits per heavy atom. The van der Waals surface area contributed by atoms with E-state index in [1.54, 1.807) is 0 Å². The second-order valence-corrected chi connectivity index (χ2v) is 10.0. The fraction of sp³-hybridized carbons (Fsp3) is 0.519. The number of carbonyl (C=O) groups is 1. The molecule has 2 aromatic carbocycles. The molecule has 0 bridgehead atoms. The fourth-order valence-electron chi connectivity index (χ4n) is 6.81. The Morgan fingerprint density at radius 2 is 1.88 bits per heavy atom. The number of aliphatic hydroxyl groups excluding tert-OH is 2. The molecule has 0 saturated heterocycles. The van der Waals surface area contributed by atoms with Gasteiger partial charge in [0.15, 0.2) is 0 Å². The van der Waals surface area contributed by atoms with Crippen LogP contribution in [0.5, 0.6) is 5.75 Å². The molecule has 32 heavy (non-hydrogen) atoms. The molecule has 7 atom stereocenters. The molecule has 0 aliphatic heterocycles. The fourth-order valence-corrected chi connectivity index (χ4v) is 6.81. The zero-order valence-electron chi connectivity index (χ0n) is 18.7. The van der Waals surface area contributed by atoms with Crippen molar-refractivity contribution in [3.63, 3.8) is 0 Å². The van der Waals surface area contributed by atoms with Crippen molar-refractivity contribution in [1.82, 2.24) is 0 Å². The van der Waals surface area contributed by atoms with Gasteiger partial charge in [-0.05, 0) is 72.3 Å². The Morgan fingerprint density at radius 3 is 2.62 bits per heavy atom. The third-order valence-electron chi connectivity index (χ3n) is 8.21. The zero-order chi connectivity index (χ0) is 22.5. The predicted molar refractivity (Wildman–Crippen MR) is 120 cm³/mol. The molecular weight excluding hydrogens is 404 g/mol. The van der Waals surface area contributed by atoms with Gasteiger partial charge in [0.05, 0.1) is 6.10 Å². The number of rotatable bonds is 4. The van der Waals surface area contributed by atoms with Crippen LogP contribution in [0.2, 0.25) is 0 Å². The maximum Gasteiger partial charge on any atom is 0.303 e. The number of hydrogen-bond acceptors (Lipinski definition) is 5. The molecule has 3 aliphatic carbocycles. The van der Waals surface area contributed by atoms with Gasteiger partial charge < -0.3 is 19.7 Å². The summed E-state index contributed by atoms with van der Waals surface area (Å²) in [7, 11) is 0. The maximum atomic E-state index is 11.7. The number of aryl methyl sites for hydroxylation is 1. The highest BCUT2D eigenvalue weighted by Gasteiger charge is 2.64. The van der Waals surface area contributed by atoms with Gasteiger partial charge in [-0.2, -0.15) is 0 Å². The molecule has 0 amide bonds. The van der Waals surface area contributed by atoms with Crippen molar-refractivity contribution in [2.75, 3.05) is 0 Å². The Kier molecular flexibility index (Phi) is 5.50. The van der Waals surface area contributed by atoms with Gasteiger partial charge in [-0.15, -0.1) is 0 Å². The van der Waals surface area contributed by atoms with Gasteiger partial charge >= 0.3 is 5.97 Å². The van der Waals surface area contributed by atoms with Crippen LogP contribution in [0, 0.1) is 17.3 Å². The molecule has 2 saturated carbocycles. The zero-order valence-corrected chi connectivity index (χ0v) is 18.7. The summed E-state index contributed by atoms with van der Waals surface area (Å²) in [4.78, 5) is 11.7. The molecule has 0 aromatic heterocycles. The topological polar surface area (TPSA) is 76.0 Å². The Labute approximate surface area is 189 Å². The molecular formula is C27H32O5. The van der Waals surface area contributed by atoms with Gasteiger partial charge in [0.1, 0.15) is 24.6 Å². The molecule has 5 heteroatoms. The van der Waals surface area contributed by atoms with Crippen molar-refractivity contribution in [3.05, 3.63) is 65.2 Å². The molecule has 3 aliphatic rings. The summed E-state index contributed by atoms with van der Waals surface area (Å²) >= 11 is 0. The molecule has 0 heterocycles. The smallest absolute Gasteiger partial charge is 0.303 e. The van der Waals surface area contributed by atoms with E-state index in [1.807, 2.05) is 18.2 Å². The SMILES string of the molecule is CC(=O)O[C@H]1C(O)C(O)[C@H]2[C@@H]3CCc4cc(OCc5ccccc5)ccc4[C@H]3CC[C@]12C. The summed E-state index contributed by atoms with van der Waals surface area (Å²) in [6.45, 7) is 4.00. The van der Waals surface area contributed by atoms with Crippen LogP contribution in [0.25, 0.3) is 0 Å². The first-order valence-electron chi connectivity index (χ1n) is 11.7. The average molecular weight is 437 g/mol. The molecule has 0 radical (unpaired) electrons. The van der Waals surface area contributed by atoms with Crippen molar-refractivity contribution < 1.29 is 24.5 Å². The lowest BCUT2D eigenvalue weighted by atomic mass is 9.55. The van der Waals surface area contributed by atoms with Gasteiger partial charge in [0.2, 0.25) is 0 Å². The van der Waals surface area contributed by atoms with Crippen LogP contribution in [0.4, 0.5) is 0 Å². The van der Waals surface area contributed by atoms with Crippen LogP contribution in [0.15, 0.2) is 48.5 Å². The van der Waals surface area contributed by atoms with Gasteiger partial charge in [-0.1, -0.05) is 43.3 Å². The van der Waals surface area contributed by atoms with Gasteiger partial charge in [-0.25, -0.2) is 0 Å². The highest BCUT2D eigenvalue weighted by atomic mass is 16.6. The number of benzene rings is 2. The first-order valence-corrected chi connectivity index (χ1v) is 11.7. The minimum Gasteiger partial charge on any atom is -0.489 e. The first kappa shape index (κ1) is 21.5. The highest BCUT2D eigenvalue weighted by Crippen LogP contribution is 2.61. The summed E-state index contributed by atoms with van der Waals surface area (Å²) in [5.41, 5.74) is 3.41. The van der Waals surface area contributed by atoms with E-state index in [9.17, 15) is 15.0 Å². The van der Waals surface area contributed by atoms with Gasteiger partial charge in [0, 0.05) is 12.3 Å². The summed E-state index contributed by atoms with van der Waals surface area (Å²) in [6.07, 6.45) is 1.12. The normalized spacial score (nSPS) is 35.4. The first-order chi connectivity index (χ1) is 15.4. The lowest BCUT2D eigenvalue weighted by Gasteiger charge is -2.50. The van der Waals surface area contributed by atoms with Crippen LogP contribution in [-0.4, -0.2) is 34.5 Å². The lowest BCUT2D eigenvalue weighted by molar-refractivity contribution is -0.161. The van der Waals surface area contributed by atoms with Crippen molar-refractivity contribution in [2.45, 2.75) is 70.4 Å². The van der Waals surface area contributed by atoms with E-state index >= 15 is 0 Å². The second-order valence-electron chi connectivity index (χ2n) is 10.0. The van der Waals surface area contributed by atoms with Crippen molar-refractivity contribution in [2.24, 2.45) is 17.3 Å². The van der Waals surface area contributed by atoms with Crippen LogP contribution < -0.4 is 4.74 Å². The molecule has 0 spiro atoms. The number of hydrogen-bond donors (Lipinski definition) is 2. The van der Waals surface area contributed by atoms with Crippen molar-refractivity contribution in [3.8, 4) is 5.75 Å². The van der Waals surface area contributed by atoms with Crippen LogP contribution in [-0.2, 0) is 22.6 Å². The molecule has 5 nitrogen and oxygen atoms in total. The average Bonchev–Trinajstić information content (AvgIpc) is 2.98. The number of fused-ring (bicyclic) bond motifs is 5. The summed E-state index contributed by atoms with van der Waals surface area (Å²) in [5, 5.41) is 21.7. The largest absolute Gasteiger partial charge is 0.489 e. The van der Waals surface area contributed by atoms with Crippen molar-refractivity contribution >= 4 is 5.97 Å². The number of esters is 1. The number of carbonyl (C=O) groups excluding carboxylic acids is 1. The lowest BCUT2D eigenvalue weighted by Crippen LogP contribution is -2.47. The molecule has 5 rings (SSSR count). The van der Waals surface area contributed by atoms with Gasteiger partial charge in [-0.3, -0.25) is 4.79 Å². The summed E-state index contributed by atoms with van der Waals surface area (Å²) in [6, 6.07) is 16.6. The van der Waals surface area contributed by atoms with Gasteiger partial charge in [0.25, 0.3) is 0 Å². The van der Waals surface area contributed by atoms with E-state index in [2.05, 4.69) is 37.3 Å². The molecule has 170 valence electrons. The summed E-state index contributed by atoms with van der Waals surface area (Å²) in [5.74, 6) is 1.02. The van der Waals surface area contributed by atoms with E-state index in [4.69, 9.17) is 9.47 Å². The van der Waals surface area contributed by atoms with Crippen LogP contribution >= 0.6 is 0 Å². The van der Waals surface area contributed by atoms with Crippen LogP contribution in [0.1, 0.15) is 55.7 Å². The minimum absolute atomic E-state index is 0.0808. The van der Waals surface area contributed by atoms with Crippen LogP contribution in [0.3, 0.4) is 0 Å². The highest BCUT2D eigenvalue weighted by molar-refractivity contribution is 5.66. The summed E-state index contributed by atoms with van der Waals surface area (Å²) < 4.78 is 11.6. The Hall–Kier alpha value is -2.37.